The third-order valence-electron chi connectivity index (χ3n) is 4.45. The van der Waals surface area contributed by atoms with Crippen molar-refractivity contribution in [3.05, 3.63) is 35.4 Å². The Morgan fingerprint density at radius 1 is 1.19 bits per heavy atom. The molecule has 1 aromatic rings. The summed E-state index contributed by atoms with van der Waals surface area (Å²) in [6.45, 7) is 5.61. The molecule has 0 radical (unpaired) electrons. The van der Waals surface area contributed by atoms with Gasteiger partial charge in [-0.1, -0.05) is 57.4 Å². The van der Waals surface area contributed by atoms with Crippen molar-refractivity contribution in [3.63, 3.8) is 0 Å². The summed E-state index contributed by atoms with van der Waals surface area (Å²) >= 11 is 2.20. The van der Waals surface area contributed by atoms with E-state index in [1.807, 2.05) is 0 Å². The van der Waals surface area contributed by atoms with Crippen molar-refractivity contribution in [1.29, 1.82) is 0 Å². The molecule has 1 atom stereocenters. The van der Waals surface area contributed by atoms with Crippen molar-refractivity contribution in [1.82, 2.24) is 5.32 Å². The van der Waals surface area contributed by atoms with Gasteiger partial charge >= 0.3 is 0 Å². The van der Waals surface area contributed by atoms with E-state index in [1.54, 1.807) is 0 Å². The Kier molecular flexibility index (Phi) is 7.66. The molecule has 1 aliphatic carbocycles. The Morgan fingerprint density at radius 3 is 2.71 bits per heavy atom. The largest absolute Gasteiger partial charge is 0.309 e. The van der Waals surface area contributed by atoms with Gasteiger partial charge in [0.05, 0.1) is 0 Å². The topological polar surface area (TPSA) is 12.0 Å². The summed E-state index contributed by atoms with van der Waals surface area (Å²) in [6.07, 6.45) is 9.53. The van der Waals surface area contributed by atoms with E-state index in [2.05, 4.69) is 55.2 Å². The summed E-state index contributed by atoms with van der Waals surface area (Å²) in [6, 6.07) is 9.68. The molecule has 1 aliphatic rings. The first-order valence-corrected chi connectivity index (χ1v) is 9.82. The molecule has 0 saturated heterocycles. The van der Waals surface area contributed by atoms with Crippen LogP contribution in [0.15, 0.2) is 24.3 Å². The lowest BCUT2D eigenvalue weighted by Gasteiger charge is -2.25. The van der Waals surface area contributed by atoms with E-state index in [4.69, 9.17) is 0 Å². The second kappa shape index (κ2) is 9.53. The predicted molar refractivity (Wildman–Crippen MR) is 96.2 cm³/mol. The first-order valence-electron chi connectivity index (χ1n) is 8.77. The van der Waals surface area contributed by atoms with Gasteiger partial charge in [-0.3, -0.25) is 0 Å². The molecule has 118 valence electrons. The maximum Gasteiger partial charge on any atom is 0.0412 e. The molecule has 0 aromatic heterocycles. The van der Waals surface area contributed by atoms with Crippen LogP contribution in [0.1, 0.15) is 69.5 Å². The zero-order valence-corrected chi connectivity index (χ0v) is 14.6. The number of nitrogens with one attached hydrogen (secondary N) is 1. The maximum absolute atomic E-state index is 3.76. The summed E-state index contributed by atoms with van der Waals surface area (Å²) < 4.78 is 0. The van der Waals surface area contributed by atoms with Crippen LogP contribution < -0.4 is 5.32 Å². The molecule has 0 spiro atoms. The minimum absolute atomic E-state index is 0.517. The molecule has 2 rings (SSSR count). The molecule has 0 heterocycles. The van der Waals surface area contributed by atoms with Crippen molar-refractivity contribution in [2.75, 3.05) is 12.3 Å². The highest BCUT2D eigenvalue weighted by atomic mass is 32.2. The summed E-state index contributed by atoms with van der Waals surface area (Å²) in [4.78, 5) is 0. The number of benzene rings is 1. The number of rotatable bonds is 8. The maximum atomic E-state index is 3.76. The van der Waals surface area contributed by atoms with Crippen molar-refractivity contribution >= 4 is 11.8 Å². The van der Waals surface area contributed by atoms with Gasteiger partial charge in [0.1, 0.15) is 0 Å². The molecular formula is C19H31NS. The lowest BCUT2D eigenvalue weighted by molar-refractivity contribution is 0.513. The number of hydrogen-bond acceptors (Lipinski definition) is 2. The van der Waals surface area contributed by atoms with Crippen molar-refractivity contribution < 1.29 is 0 Å². The summed E-state index contributed by atoms with van der Waals surface area (Å²) in [7, 11) is 0. The van der Waals surface area contributed by atoms with Gasteiger partial charge in [-0.05, 0) is 43.4 Å². The Bertz CT molecular complexity index is 398. The molecule has 1 N–H and O–H groups in total. The molecule has 0 amide bonds. The smallest absolute Gasteiger partial charge is 0.0412 e. The third-order valence-corrected chi connectivity index (χ3v) is 5.92. The Balaban J connectivity index is 1.95. The average Bonchev–Trinajstić information content (AvgIpc) is 2.56. The third kappa shape index (κ3) is 5.67. The Hall–Kier alpha value is -0.470. The van der Waals surface area contributed by atoms with Gasteiger partial charge in [-0.25, -0.2) is 0 Å². The van der Waals surface area contributed by atoms with Crippen LogP contribution >= 0.6 is 11.8 Å². The minimum atomic E-state index is 0.517. The molecule has 0 bridgehead atoms. The Labute approximate surface area is 135 Å². The van der Waals surface area contributed by atoms with Crippen LogP contribution in [0.4, 0.5) is 0 Å². The van der Waals surface area contributed by atoms with Crippen molar-refractivity contribution in [3.8, 4) is 0 Å². The standard InChI is InChI=1S/C19H31NS/c1-3-13-20-19(15-21-18-11-6-5-7-12-18)17-10-8-9-16(4-2)14-17/h8-10,14,18-20H,3-7,11-13,15H2,1-2H3. The highest BCUT2D eigenvalue weighted by Gasteiger charge is 2.17. The molecule has 1 unspecified atom stereocenters. The van der Waals surface area contributed by atoms with E-state index >= 15 is 0 Å². The molecule has 2 heteroatoms. The van der Waals surface area contributed by atoms with Crippen LogP contribution in [0, 0.1) is 0 Å². The summed E-state index contributed by atoms with van der Waals surface area (Å²) in [5, 5.41) is 4.66. The van der Waals surface area contributed by atoms with E-state index in [0.29, 0.717) is 6.04 Å². The van der Waals surface area contributed by atoms with Gasteiger partial charge < -0.3 is 5.32 Å². The van der Waals surface area contributed by atoms with Gasteiger partial charge in [-0.2, -0.15) is 11.8 Å². The second-order valence-corrected chi connectivity index (χ2v) is 7.53. The van der Waals surface area contributed by atoms with Crippen LogP contribution in [0.5, 0.6) is 0 Å². The van der Waals surface area contributed by atoms with Gasteiger partial charge in [0.25, 0.3) is 0 Å². The van der Waals surface area contributed by atoms with E-state index in [1.165, 1.54) is 55.4 Å². The number of aryl methyl sites for hydroxylation is 1. The lowest BCUT2D eigenvalue weighted by Crippen LogP contribution is -2.25. The van der Waals surface area contributed by atoms with Crippen molar-refractivity contribution in [2.24, 2.45) is 0 Å². The van der Waals surface area contributed by atoms with Crippen molar-refractivity contribution in [2.45, 2.75) is 70.1 Å². The van der Waals surface area contributed by atoms with E-state index < -0.39 is 0 Å². The first kappa shape index (κ1) is 16.9. The SMILES string of the molecule is CCCNC(CSC1CCCCC1)c1cccc(CC)c1. The number of hydrogen-bond donors (Lipinski definition) is 1. The molecule has 1 nitrogen and oxygen atoms in total. The molecular weight excluding hydrogens is 274 g/mol. The summed E-state index contributed by atoms with van der Waals surface area (Å²) in [5.41, 5.74) is 2.93. The van der Waals surface area contributed by atoms with Crippen LogP contribution in [-0.2, 0) is 6.42 Å². The minimum Gasteiger partial charge on any atom is -0.309 e. The van der Waals surface area contributed by atoms with Crippen LogP contribution in [0.25, 0.3) is 0 Å². The molecule has 0 aliphatic heterocycles. The highest BCUT2D eigenvalue weighted by molar-refractivity contribution is 7.99. The number of thioether (sulfide) groups is 1. The highest BCUT2D eigenvalue weighted by Crippen LogP contribution is 2.31. The van der Waals surface area contributed by atoms with Crippen LogP contribution in [0.2, 0.25) is 0 Å². The van der Waals surface area contributed by atoms with Gasteiger partial charge in [0.15, 0.2) is 0 Å². The van der Waals surface area contributed by atoms with Gasteiger partial charge in [-0.15, -0.1) is 0 Å². The van der Waals surface area contributed by atoms with Crippen LogP contribution in [-0.4, -0.2) is 17.5 Å². The fourth-order valence-electron chi connectivity index (χ4n) is 3.09. The normalized spacial score (nSPS) is 17.8. The zero-order chi connectivity index (χ0) is 14.9. The lowest BCUT2D eigenvalue weighted by atomic mass is 10.0. The monoisotopic (exact) mass is 305 g/mol. The Morgan fingerprint density at radius 2 is 2.00 bits per heavy atom. The second-order valence-electron chi connectivity index (χ2n) is 6.20. The zero-order valence-electron chi connectivity index (χ0n) is 13.7. The van der Waals surface area contributed by atoms with Crippen LogP contribution in [0.3, 0.4) is 0 Å². The average molecular weight is 306 g/mol. The molecule has 1 fully saturated rings. The molecule has 1 saturated carbocycles. The van der Waals surface area contributed by atoms with Gasteiger partial charge in [0, 0.05) is 17.0 Å². The van der Waals surface area contributed by atoms with E-state index in [0.717, 1.165) is 18.2 Å². The summed E-state index contributed by atoms with van der Waals surface area (Å²) in [5.74, 6) is 1.22. The van der Waals surface area contributed by atoms with E-state index in [9.17, 15) is 0 Å². The molecule has 21 heavy (non-hydrogen) atoms. The van der Waals surface area contributed by atoms with E-state index in [-0.39, 0.29) is 0 Å². The quantitative estimate of drug-likeness (QED) is 0.694. The molecule has 1 aromatic carbocycles. The van der Waals surface area contributed by atoms with Gasteiger partial charge in [0.2, 0.25) is 0 Å². The fraction of sp³-hybridized carbons (Fsp3) is 0.684. The first-order chi connectivity index (χ1) is 10.3. The fourth-order valence-corrected chi connectivity index (χ4v) is 4.53. The predicted octanol–water partition coefficient (Wildman–Crippen LogP) is 5.36.